The molecule has 0 bridgehead atoms. The van der Waals surface area contributed by atoms with Crippen LogP contribution in [-0.4, -0.2) is 71.0 Å². The van der Waals surface area contributed by atoms with Gasteiger partial charge < -0.3 is 25.3 Å². The van der Waals surface area contributed by atoms with Crippen molar-refractivity contribution in [1.29, 1.82) is 0 Å². The molecule has 224 valence electrons. The van der Waals surface area contributed by atoms with Gasteiger partial charge in [0.25, 0.3) is 11.8 Å². The first kappa shape index (κ1) is 28.4. The lowest BCUT2D eigenvalue weighted by Crippen LogP contribution is -2.55. The lowest BCUT2D eigenvalue weighted by atomic mass is 9.88. The number of Topliss-reactive ketones (excluding diaryl/α,β-unsaturated/α-hetero) is 2. The number of nitrogens with one attached hydrogen (secondary N) is 3. The number of hydrogen-bond donors (Lipinski definition) is 3. The van der Waals surface area contributed by atoms with Crippen molar-refractivity contribution in [2.45, 2.75) is 83.3 Å². The number of methoxy groups -OCH3 is 1. The Bertz CT molecular complexity index is 1440. The summed E-state index contributed by atoms with van der Waals surface area (Å²) in [5.41, 5.74) is 0.931. The number of ketones is 2. The van der Waals surface area contributed by atoms with Gasteiger partial charge >= 0.3 is 0 Å². The van der Waals surface area contributed by atoms with Crippen molar-refractivity contribution in [2.24, 2.45) is 23.2 Å². The third-order valence-electron chi connectivity index (χ3n) is 9.69. The predicted molar refractivity (Wildman–Crippen MR) is 155 cm³/mol. The van der Waals surface area contributed by atoms with Gasteiger partial charge in [-0.3, -0.25) is 24.0 Å². The lowest BCUT2D eigenvalue weighted by Gasteiger charge is -2.29. The maximum Gasteiger partial charge on any atom is 0.289 e. The van der Waals surface area contributed by atoms with Crippen molar-refractivity contribution in [3.05, 3.63) is 30.0 Å². The lowest BCUT2D eigenvalue weighted by molar-refractivity contribution is -0.141. The number of rotatable bonds is 9. The van der Waals surface area contributed by atoms with Crippen molar-refractivity contribution < 1.29 is 28.7 Å². The first-order chi connectivity index (χ1) is 20.0. The van der Waals surface area contributed by atoms with Crippen molar-refractivity contribution in [1.82, 2.24) is 20.5 Å². The number of carbonyl (C=O) groups excluding carboxylic acids is 5. The van der Waals surface area contributed by atoms with E-state index < -0.39 is 35.6 Å². The van der Waals surface area contributed by atoms with E-state index in [2.05, 4.69) is 15.6 Å². The summed E-state index contributed by atoms with van der Waals surface area (Å²) in [4.78, 5) is 71.8. The summed E-state index contributed by atoms with van der Waals surface area (Å²) in [5.74, 6) is -1.73. The number of H-pyrrole nitrogens is 1. The monoisotopic (exact) mass is 576 g/mol. The van der Waals surface area contributed by atoms with Crippen LogP contribution in [0.15, 0.2) is 24.3 Å². The molecule has 1 aromatic carbocycles. The highest BCUT2D eigenvalue weighted by atomic mass is 16.5. The first-order valence-electron chi connectivity index (χ1n) is 15.2. The number of likely N-dealkylation sites (tertiary alicyclic amines) is 1. The van der Waals surface area contributed by atoms with Crippen LogP contribution in [0.5, 0.6) is 5.75 Å². The molecule has 10 nitrogen and oxygen atoms in total. The average Bonchev–Trinajstić information content (AvgIpc) is 3.26. The molecule has 5 atom stereocenters. The highest BCUT2D eigenvalue weighted by Gasteiger charge is 2.51. The summed E-state index contributed by atoms with van der Waals surface area (Å²) in [6.45, 7) is 4.48. The van der Waals surface area contributed by atoms with Gasteiger partial charge in [0.1, 0.15) is 23.3 Å². The maximum atomic E-state index is 14.1. The maximum absolute atomic E-state index is 14.1. The second-order valence-corrected chi connectivity index (χ2v) is 13.5. The van der Waals surface area contributed by atoms with Gasteiger partial charge in [-0.25, -0.2) is 0 Å². The Morgan fingerprint density at radius 3 is 2.62 bits per heavy atom. The minimum atomic E-state index is -1.13. The van der Waals surface area contributed by atoms with Crippen molar-refractivity contribution in [2.75, 3.05) is 13.7 Å². The molecule has 4 aliphatic rings. The number of carbonyl (C=O) groups is 5. The summed E-state index contributed by atoms with van der Waals surface area (Å²) in [6.07, 6.45) is 5.45. The molecule has 2 aromatic rings. The molecule has 3 aliphatic carbocycles. The van der Waals surface area contributed by atoms with Crippen LogP contribution in [-0.2, 0) is 19.2 Å². The standard InChI is InChI=1S/C32H40N4O6/c1-32(2)14-18(25(37)15-32)12-23(28(38)30(40)33-19-10-11-19)35-29(39)27-20-7-4-6-17(20)16-36(27)31(41)24-13-21-22(34-24)8-5-9-26(21)42-3/h5,8-9,13,17-20,23,27,34H,4,6-7,10-12,14-16H2,1-3H3,(H,33,40)(H,35,39)/t17-,18?,20-,23-,27-/m0/s1. The second kappa shape index (κ2) is 10.9. The summed E-state index contributed by atoms with van der Waals surface area (Å²) in [5, 5.41) is 6.39. The molecule has 2 heterocycles. The average molecular weight is 577 g/mol. The molecule has 0 spiro atoms. The third-order valence-corrected chi connectivity index (χ3v) is 9.69. The Morgan fingerprint density at radius 2 is 1.93 bits per heavy atom. The Labute approximate surface area is 245 Å². The number of aromatic nitrogens is 1. The van der Waals surface area contributed by atoms with Gasteiger partial charge in [-0.15, -0.1) is 0 Å². The molecule has 1 aromatic heterocycles. The fourth-order valence-electron chi connectivity index (χ4n) is 7.53. The summed E-state index contributed by atoms with van der Waals surface area (Å²) in [7, 11) is 1.58. The molecule has 1 unspecified atom stereocenters. The van der Waals surface area contributed by atoms with E-state index in [1.54, 1.807) is 18.1 Å². The van der Waals surface area contributed by atoms with E-state index in [9.17, 15) is 24.0 Å². The molecule has 10 heteroatoms. The number of amides is 3. The first-order valence-corrected chi connectivity index (χ1v) is 15.2. The van der Waals surface area contributed by atoms with Crippen molar-refractivity contribution in [3.8, 4) is 5.75 Å². The largest absolute Gasteiger partial charge is 0.496 e. The van der Waals surface area contributed by atoms with Gasteiger partial charge in [-0.1, -0.05) is 26.3 Å². The molecular weight excluding hydrogens is 536 g/mol. The van der Waals surface area contributed by atoms with Crippen LogP contribution in [0.25, 0.3) is 10.9 Å². The Balaban J connectivity index is 1.25. The van der Waals surface area contributed by atoms with Crippen LogP contribution in [0.2, 0.25) is 0 Å². The smallest absolute Gasteiger partial charge is 0.289 e. The molecule has 4 fully saturated rings. The van der Waals surface area contributed by atoms with Crippen LogP contribution >= 0.6 is 0 Å². The number of benzene rings is 1. The molecule has 3 saturated carbocycles. The van der Waals surface area contributed by atoms with E-state index in [0.29, 0.717) is 30.8 Å². The number of nitrogens with zero attached hydrogens (tertiary/aromatic N) is 1. The van der Waals surface area contributed by atoms with E-state index in [-0.39, 0.29) is 41.4 Å². The number of aromatic amines is 1. The quantitative estimate of drug-likeness (QED) is 0.392. The van der Waals surface area contributed by atoms with Crippen LogP contribution in [0, 0.1) is 23.2 Å². The molecule has 0 radical (unpaired) electrons. The minimum Gasteiger partial charge on any atom is -0.496 e. The van der Waals surface area contributed by atoms with Gasteiger partial charge in [-0.2, -0.15) is 0 Å². The SMILES string of the molecule is COc1cccc2[nH]c(C(=O)N3C[C@@H]4CCC[C@@H]4[C@H]3C(=O)N[C@@H](CC3CC(C)(C)CC3=O)C(=O)C(=O)NC3CC3)cc12. The van der Waals surface area contributed by atoms with Gasteiger partial charge in [0.05, 0.1) is 13.2 Å². The summed E-state index contributed by atoms with van der Waals surface area (Å²) < 4.78 is 5.46. The zero-order chi connectivity index (χ0) is 29.8. The van der Waals surface area contributed by atoms with Gasteiger partial charge in [0.2, 0.25) is 11.7 Å². The predicted octanol–water partition coefficient (Wildman–Crippen LogP) is 3.15. The van der Waals surface area contributed by atoms with Gasteiger partial charge in [0.15, 0.2) is 0 Å². The molecule has 1 saturated heterocycles. The fraction of sp³-hybridized carbons (Fsp3) is 0.594. The van der Waals surface area contributed by atoms with E-state index in [4.69, 9.17) is 4.74 Å². The Morgan fingerprint density at radius 1 is 1.14 bits per heavy atom. The number of fused-ring (bicyclic) bond motifs is 2. The normalized spacial score (nSPS) is 27.1. The van der Waals surface area contributed by atoms with Crippen LogP contribution in [0.3, 0.4) is 0 Å². The third kappa shape index (κ3) is 5.43. The van der Waals surface area contributed by atoms with Crippen molar-refractivity contribution in [3.63, 3.8) is 0 Å². The van der Waals surface area contributed by atoms with Crippen molar-refractivity contribution >= 4 is 40.2 Å². The van der Waals surface area contributed by atoms with E-state index in [1.165, 1.54) is 0 Å². The summed E-state index contributed by atoms with van der Waals surface area (Å²) >= 11 is 0. The number of ether oxygens (including phenoxy) is 1. The minimum absolute atomic E-state index is 0.0121. The van der Waals surface area contributed by atoms with Crippen LogP contribution < -0.4 is 15.4 Å². The van der Waals surface area contributed by atoms with E-state index in [0.717, 1.165) is 43.0 Å². The van der Waals surface area contributed by atoms with Gasteiger partial charge in [0, 0.05) is 35.8 Å². The van der Waals surface area contributed by atoms with Gasteiger partial charge in [-0.05, 0) is 74.0 Å². The molecule has 3 amide bonds. The summed E-state index contributed by atoms with van der Waals surface area (Å²) in [6, 6.07) is 5.38. The highest BCUT2D eigenvalue weighted by Crippen LogP contribution is 2.44. The molecule has 42 heavy (non-hydrogen) atoms. The van der Waals surface area contributed by atoms with E-state index in [1.807, 2.05) is 32.0 Å². The second-order valence-electron chi connectivity index (χ2n) is 13.5. The molecular formula is C32H40N4O6. The Kier molecular flexibility index (Phi) is 7.35. The zero-order valence-corrected chi connectivity index (χ0v) is 24.5. The topological polar surface area (TPSA) is 138 Å². The molecule has 1 aliphatic heterocycles. The highest BCUT2D eigenvalue weighted by molar-refractivity contribution is 6.38. The van der Waals surface area contributed by atoms with Crippen LogP contribution in [0.4, 0.5) is 0 Å². The fourth-order valence-corrected chi connectivity index (χ4v) is 7.53. The number of hydrogen-bond acceptors (Lipinski definition) is 6. The van der Waals surface area contributed by atoms with E-state index >= 15 is 0 Å². The molecule has 3 N–H and O–H groups in total. The van der Waals surface area contributed by atoms with Crippen LogP contribution in [0.1, 0.15) is 75.7 Å². The zero-order valence-electron chi connectivity index (χ0n) is 24.5. The Hall–Kier alpha value is -3.69. The molecule has 6 rings (SSSR count).